The van der Waals surface area contributed by atoms with Gasteiger partial charge >= 0.3 is 0 Å². The quantitative estimate of drug-likeness (QED) is 0.475. The van der Waals surface area contributed by atoms with Crippen LogP contribution in [0.2, 0.25) is 5.02 Å². The van der Waals surface area contributed by atoms with E-state index in [1.54, 1.807) is 7.11 Å². The third-order valence-electron chi connectivity index (χ3n) is 4.92. The molecule has 4 aromatic rings. The molecule has 0 bridgehead atoms. The molecule has 6 nitrogen and oxygen atoms in total. The molecule has 5 rings (SSSR count). The highest BCUT2D eigenvalue weighted by Gasteiger charge is 2.21. The number of aromatic nitrogens is 3. The number of rotatable bonds is 4. The number of nitrogens with two attached hydrogens (primary N) is 1. The molecule has 0 atom stereocenters. The van der Waals surface area contributed by atoms with E-state index in [0.29, 0.717) is 29.2 Å². The number of benzene rings is 3. The van der Waals surface area contributed by atoms with Gasteiger partial charge in [-0.3, -0.25) is 0 Å². The van der Waals surface area contributed by atoms with Crippen molar-refractivity contribution in [3.8, 4) is 17.1 Å². The minimum Gasteiger partial charge on any atom is -0.497 e. The number of anilines is 1. The lowest BCUT2D eigenvalue weighted by atomic mass is 9.94. The first-order valence-corrected chi connectivity index (χ1v) is 10.5. The van der Waals surface area contributed by atoms with Crippen LogP contribution in [0.5, 0.6) is 5.75 Å². The minimum atomic E-state index is 0.149. The van der Waals surface area contributed by atoms with E-state index in [1.807, 2.05) is 42.5 Å². The van der Waals surface area contributed by atoms with Crippen LogP contribution in [0.4, 0.5) is 5.95 Å². The first-order valence-electron chi connectivity index (χ1n) is 9.27. The molecule has 0 saturated carbocycles. The summed E-state index contributed by atoms with van der Waals surface area (Å²) in [5, 5.41) is 3.20. The van der Waals surface area contributed by atoms with Crippen molar-refractivity contribution < 1.29 is 9.47 Å². The van der Waals surface area contributed by atoms with Gasteiger partial charge in [0.2, 0.25) is 5.95 Å². The molecule has 0 amide bonds. The first-order chi connectivity index (χ1) is 14.6. The Hall–Kier alpha value is -2.87. The lowest BCUT2D eigenvalue weighted by molar-refractivity contribution is 0.103. The molecule has 0 saturated heterocycles. The highest BCUT2D eigenvalue weighted by Crippen LogP contribution is 2.40. The molecule has 3 aromatic carbocycles. The van der Waals surface area contributed by atoms with Crippen LogP contribution in [-0.2, 0) is 18.0 Å². The molecule has 0 spiro atoms. The van der Waals surface area contributed by atoms with Crippen LogP contribution in [0.15, 0.2) is 58.6 Å². The SMILES string of the molecule is COc1ccc(Sc2nc(N)nc(-c3c(Cl)cc4c5c(cccc35)COC4)n2)cc1. The second-order valence-corrected chi connectivity index (χ2v) is 8.25. The number of hydrogen-bond acceptors (Lipinski definition) is 7. The average molecular weight is 437 g/mol. The molecule has 1 aliphatic rings. The fourth-order valence-corrected chi connectivity index (χ4v) is 4.70. The van der Waals surface area contributed by atoms with Crippen molar-refractivity contribution in [2.45, 2.75) is 23.3 Å². The van der Waals surface area contributed by atoms with Crippen LogP contribution in [0, 0.1) is 0 Å². The zero-order valence-electron chi connectivity index (χ0n) is 16.1. The molecule has 1 aliphatic heterocycles. The zero-order valence-corrected chi connectivity index (χ0v) is 17.6. The van der Waals surface area contributed by atoms with Crippen LogP contribution >= 0.6 is 23.4 Å². The van der Waals surface area contributed by atoms with Crippen LogP contribution < -0.4 is 10.5 Å². The van der Waals surface area contributed by atoms with Gasteiger partial charge in [0.1, 0.15) is 5.75 Å². The average Bonchev–Trinajstić information content (AvgIpc) is 2.74. The van der Waals surface area contributed by atoms with Crippen molar-refractivity contribution in [1.82, 2.24) is 15.0 Å². The van der Waals surface area contributed by atoms with Gasteiger partial charge in [0.05, 0.1) is 25.3 Å². The number of nitrogens with zero attached hydrogens (tertiary/aromatic N) is 3. The fraction of sp³-hybridized carbons (Fsp3) is 0.136. The van der Waals surface area contributed by atoms with Gasteiger partial charge in [-0.05, 0) is 64.0 Å². The summed E-state index contributed by atoms with van der Waals surface area (Å²) in [6.45, 7) is 1.11. The van der Waals surface area contributed by atoms with Gasteiger partial charge < -0.3 is 15.2 Å². The molecule has 0 radical (unpaired) electrons. The Labute approximate surface area is 182 Å². The van der Waals surface area contributed by atoms with Crippen LogP contribution in [0.3, 0.4) is 0 Å². The maximum atomic E-state index is 6.68. The van der Waals surface area contributed by atoms with Crippen molar-refractivity contribution in [2.24, 2.45) is 0 Å². The Balaban J connectivity index is 1.62. The normalized spacial score (nSPS) is 12.9. The van der Waals surface area contributed by atoms with Gasteiger partial charge in [0.25, 0.3) is 0 Å². The van der Waals surface area contributed by atoms with E-state index in [-0.39, 0.29) is 5.95 Å². The summed E-state index contributed by atoms with van der Waals surface area (Å²) >= 11 is 8.08. The van der Waals surface area contributed by atoms with Gasteiger partial charge in [-0.15, -0.1) is 0 Å². The van der Waals surface area contributed by atoms with Crippen molar-refractivity contribution in [3.63, 3.8) is 0 Å². The molecule has 0 aliphatic carbocycles. The zero-order chi connectivity index (χ0) is 20.7. The lowest BCUT2D eigenvalue weighted by Gasteiger charge is -2.20. The van der Waals surface area contributed by atoms with Crippen LogP contribution in [0.25, 0.3) is 22.2 Å². The topological polar surface area (TPSA) is 83.2 Å². The van der Waals surface area contributed by atoms with E-state index in [0.717, 1.165) is 38.1 Å². The second-order valence-electron chi connectivity index (χ2n) is 6.80. The van der Waals surface area contributed by atoms with Gasteiger partial charge in [-0.25, -0.2) is 4.98 Å². The third-order valence-corrected chi connectivity index (χ3v) is 6.09. The molecule has 0 fully saturated rings. The Morgan fingerprint density at radius 2 is 1.83 bits per heavy atom. The van der Waals surface area contributed by atoms with Crippen LogP contribution in [0.1, 0.15) is 11.1 Å². The predicted molar refractivity (Wildman–Crippen MR) is 118 cm³/mol. The second kappa shape index (κ2) is 7.75. The molecule has 0 unspecified atom stereocenters. The van der Waals surface area contributed by atoms with Gasteiger partial charge in [0, 0.05) is 10.5 Å². The van der Waals surface area contributed by atoms with Crippen molar-refractivity contribution in [1.29, 1.82) is 0 Å². The third kappa shape index (κ3) is 3.45. The van der Waals surface area contributed by atoms with E-state index < -0.39 is 0 Å². The largest absolute Gasteiger partial charge is 0.497 e. The predicted octanol–water partition coefficient (Wildman–Crippen LogP) is 5.12. The number of hydrogen-bond donors (Lipinski definition) is 1. The van der Waals surface area contributed by atoms with Gasteiger partial charge in [-0.2, -0.15) is 9.97 Å². The molecule has 2 heterocycles. The van der Waals surface area contributed by atoms with E-state index in [2.05, 4.69) is 21.0 Å². The molecule has 8 heteroatoms. The summed E-state index contributed by atoms with van der Waals surface area (Å²) in [4.78, 5) is 14.3. The number of methoxy groups -OCH3 is 1. The smallest absolute Gasteiger partial charge is 0.224 e. The van der Waals surface area contributed by atoms with Crippen molar-refractivity contribution in [3.05, 3.63) is 64.7 Å². The lowest BCUT2D eigenvalue weighted by Crippen LogP contribution is -2.06. The number of halogens is 1. The summed E-state index contributed by atoms with van der Waals surface area (Å²) in [5.74, 6) is 1.39. The molecular formula is C22H17ClN4O2S. The Morgan fingerprint density at radius 1 is 1.03 bits per heavy atom. The molecule has 1 aromatic heterocycles. The monoisotopic (exact) mass is 436 g/mol. The number of nitrogen functional groups attached to an aromatic ring is 1. The molecular weight excluding hydrogens is 420 g/mol. The summed E-state index contributed by atoms with van der Waals surface area (Å²) in [7, 11) is 1.64. The Bertz CT molecular complexity index is 1260. The fourth-order valence-electron chi connectivity index (χ4n) is 3.62. The number of ether oxygens (including phenoxy) is 2. The summed E-state index contributed by atoms with van der Waals surface area (Å²) < 4.78 is 10.9. The molecule has 2 N–H and O–H groups in total. The van der Waals surface area contributed by atoms with E-state index in [1.165, 1.54) is 11.8 Å². The van der Waals surface area contributed by atoms with E-state index >= 15 is 0 Å². The maximum Gasteiger partial charge on any atom is 0.224 e. The molecule has 30 heavy (non-hydrogen) atoms. The van der Waals surface area contributed by atoms with Gasteiger partial charge in [-0.1, -0.05) is 29.8 Å². The van der Waals surface area contributed by atoms with Crippen LogP contribution in [-0.4, -0.2) is 22.1 Å². The Morgan fingerprint density at radius 3 is 2.63 bits per heavy atom. The highest BCUT2D eigenvalue weighted by molar-refractivity contribution is 7.99. The summed E-state index contributed by atoms with van der Waals surface area (Å²) in [5.41, 5.74) is 8.97. The van der Waals surface area contributed by atoms with E-state index in [9.17, 15) is 0 Å². The Kier molecular flexibility index (Phi) is 4.94. The van der Waals surface area contributed by atoms with Gasteiger partial charge in [0.15, 0.2) is 11.0 Å². The minimum absolute atomic E-state index is 0.149. The summed E-state index contributed by atoms with van der Waals surface area (Å²) in [6, 6.07) is 15.7. The van der Waals surface area contributed by atoms with Crippen molar-refractivity contribution >= 4 is 40.1 Å². The highest BCUT2D eigenvalue weighted by atomic mass is 35.5. The standard InChI is InChI=1S/C22H17ClN4O2S/c1-28-14-5-7-15(8-6-14)30-22-26-20(25-21(24)27-22)19-16-4-2-3-12-10-29-11-13(18(12)16)9-17(19)23/h2-9H,10-11H2,1H3,(H2,24,25,26,27). The summed E-state index contributed by atoms with van der Waals surface area (Å²) in [6.07, 6.45) is 0. The van der Waals surface area contributed by atoms with Crippen molar-refractivity contribution in [2.75, 3.05) is 12.8 Å². The van der Waals surface area contributed by atoms with E-state index in [4.69, 9.17) is 26.8 Å². The maximum absolute atomic E-state index is 6.68. The first kappa shape index (κ1) is 19.1. The molecule has 150 valence electrons.